The number of amides is 1. The molecule has 12 nitrogen and oxygen atoms in total. The average Bonchev–Trinajstić information content (AvgIpc) is 3.05. The van der Waals surface area contributed by atoms with Crippen LogP contribution in [0.15, 0.2) is 54.9 Å². The van der Waals surface area contributed by atoms with Crippen LogP contribution < -0.4 is 14.8 Å². The van der Waals surface area contributed by atoms with Crippen molar-refractivity contribution >= 4 is 27.8 Å². The van der Waals surface area contributed by atoms with Crippen LogP contribution in [0.4, 0.5) is 38.4 Å². The maximum atomic E-state index is 15.2. The number of aromatic nitrogens is 3. The highest BCUT2D eigenvalue weighted by Crippen LogP contribution is 2.36. The summed E-state index contributed by atoms with van der Waals surface area (Å²) in [7, 11) is -4.68. The Morgan fingerprint density at radius 1 is 1.04 bits per heavy atom. The van der Waals surface area contributed by atoms with E-state index in [2.05, 4.69) is 20.3 Å². The Bertz CT molecular complexity index is 2110. The number of piperidine rings is 1. The first-order valence-electron chi connectivity index (χ1n) is 15.2. The Hall–Kier alpha value is -5.57. The highest BCUT2D eigenvalue weighted by Gasteiger charge is 2.33. The molecular weight excluding hydrogens is 701 g/mol. The van der Waals surface area contributed by atoms with Crippen molar-refractivity contribution in [2.45, 2.75) is 50.8 Å². The van der Waals surface area contributed by atoms with Gasteiger partial charge in [0, 0.05) is 43.0 Å². The number of alkyl halides is 1. The predicted octanol–water partition coefficient (Wildman–Crippen LogP) is 6.46. The van der Waals surface area contributed by atoms with E-state index in [0.717, 1.165) is 18.2 Å². The maximum Gasteiger partial charge on any atom is 0.410 e. The lowest BCUT2D eigenvalue weighted by Crippen LogP contribution is -2.51. The lowest BCUT2D eigenvalue weighted by Gasteiger charge is -2.36. The van der Waals surface area contributed by atoms with Gasteiger partial charge >= 0.3 is 6.09 Å². The van der Waals surface area contributed by atoms with Crippen molar-refractivity contribution in [3.63, 3.8) is 0 Å². The fourth-order valence-corrected chi connectivity index (χ4v) is 6.23. The number of hydrogen-bond donors (Lipinski definition) is 2. The number of nitrogens with zero attached hydrogens (tertiary/aromatic N) is 5. The summed E-state index contributed by atoms with van der Waals surface area (Å²) in [6, 6.07) is 8.85. The van der Waals surface area contributed by atoms with Crippen LogP contribution >= 0.6 is 0 Å². The van der Waals surface area contributed by atoms with Crippen molar-refractivity contribution in [3.05, 3.63) is 89.3 Å². The summed E-state index contributed by atoms with van der Waals surface area (Å²) >= 11 is 0. The third-order valence-corrected chi connectivity index (χ3v) is 8.41. The second kappa shape index (κ2) is 14.7. The molecule has 2 aromatic carbocycles. The highest BCUT2D eigenvalue weighted by molar-refractivity contribution is 7.91. The molecule has 5 rings (SSSR count). The SMILES string of the molecule is CC(C)(C)OC(=O)N1CC(Nc2nccc(-c3cccnc3Oc3cc(F)c(NS(=O)(=O)Cc4ccc(C#N)cc4F)c(F)c3F)n2)C[C@H](F)C1. The monoisotopic (exact) mass is 731 g/mol. The van der Waals surface area contributed by atoms with E-state index in [-0.39, 0.29) is 48.2 Å². The minimum Gasteiger partial charge on any atom is -0.444 e. The number of sulfonamides is 1. The lowest BCUT2D eigenvalue weighted by atomic mass is 10.0. The maximum absolute atomic E-state index is 15.2. The average molecular weight is 732 g/mol. The molecule has 18 heteroatoms. The number of anilines is 2. The quantitative estimate of drug-likeness (QED) is 0.145. The van der Waals surface area contributed by atoms with E-state index in [1.54, 1.807) is 31.6 Å². The van der Waals surface area contributed by atoms with Gasteiger partial charge in [0.05, 0.1) is 35.2 Å². The Morgan fingerprint density at radius 2 is 1.80 bits per heavy atom. The summed E-state index contributed by atoms with van der Waals surface area (Å²) in [5.41, 5.74) is -2.34. The number of likely N-dealkylation sites (tertiary alicyclic amines) is 1. The number of nitrogens with one attached hydrogen (secondary N) is 2. The summed E-state index contributed by atoms with van der Waals surface area (Å²) in [4.78, 5) is 26.4. The number of rotatable bonds is 9. The molecule has 268 valence electrons. The van der Waals surface area contributed by atoms with E-state index in [9.17, 15) is 22.0 Å². The van der Waals surface area contributed by atoms with Crippen LogP contribution in [0.3, 0.4) is 0 Å². The third-order valence-electron chi connectivity index (χ3n) is 7.20. The van der Waals surface area contributed by atoms with Crippen molar-refractivity contribution < 1.29 is 44.6 Å². The number of carbonyl (C=O) groups excluding carboxylic acids is 1. The molecule has 2 N–H and O–H groups in total. The first-order chi connectivity index (χ1) is 24.0. The van der Waals surface area contributed by atoms with Crippen LogP contribution in [0.2, 0.25) is 0 Å². The summed E-state index contributed by atoms with van der Waals surface area (Å²) in [5.74, 6) is -8.69. The van der Waals surface area contributed by atoms with Crippen LogP contribution in [0.5, 0.6) is 11.6 Å². The van der Waals surface area contributed by atoms with Crippen molar-refractivity contribution in [2.24, 2.45) is 0 Å². The number of carbonyl (C=O) groups is 1. The van der Waals surface area contributed by atoms with E-state index >= 15 is 13.2 Å². The van der Waals surface area contributed by atoms with Crippen LogP contribution in [0.1, 0.15) is 38.3 Å². The zero-order valence-corrected chi connectivity index (χ0v) is 28.1. The van der Waals surface area contributed by atoms with Crippen LogP contribution in [0, 0.1) is 34.6 Å². The van der Waals surface area contributed by atoms with E-state index in [4.69, 9.17) is 14.7 Å². The molecule has 1 saturated heterocycles. The molecule has 3 heterocycles. The van der Waals surface area contributed by atoms with Gasteiger partial charge < -0.3 is 19.7 Å². The molecule has 0 bridgehead atoms. The number of halogens is 5. The van der Waals surface area contributed by atoms with Gasteiger partial charge in [0.2, 0.25) is 27.7 Å². The van der Waals surface area contributed by atoms with Crippen molar-refractivity contribution in [2.75, 3.05) is 23.1 Å². The summed E-state index contributed by atoms with van der Waals surface area (Å²) in [6.07, 6.45) is 0.625. The van der Waals surface area contributed by atoms with Gasteiger partial charge in [-0.25, -0.2) is 45.7 Å². The highest BCUT2D eigenvalue weighted by atomic mass is 32.2. The van der Waals surface area contributed by atoms with E-state index in [1.165, 1.54) is 35.5 Å². The van der Waals surface area contributed by atoms with Gasteiger partial charge in [-0.05, 0) is 51.1 Å². The zero-order valence-electron chi connectivity index (χ0n) is 27.3. The smallest absolute Gasteiger partial charge is 0.410 e. The molecule has 2 aromatic heterocycles. The molecule has 4 aromatic rings. The fraction of sp³-hybridized carbons (Fsp3) is 0.303. The molecule has 1 fully saturated rings. The van der Waals surface area contributed by atoms with Gasteiger partial charge in [0.15, 0.2) is 17.4 Å². The van der Waals surface area contributed by atoms with Crippen LogP contribution in [-0.4, -0.2) is 65.3 Å². The summed E-state index contributed by atoms with van der Waals surface area (Å²) in [5, 5.41) is 11.9. The Kier molecular flexibility index (Phi) is 10.6. The van der Waals surface area contributed by atoms with Crippen molar-refractivity contribution in [1.29, 1.82) is 5.26 Å². The first-order valence-corrected chi connectivity index (χ1v) is 16.9. The standard InChI is InChI=1S/C33H30F5N7O5S/c1-33(2,3)50-32(46)45-15-20(34)12-21(16-45)42-31-41-10-8-25(43-31)22-5-4-9-40-30(22)49-26-13-24(36)29(28(38)27(26)37)44-51(47,48)17-19-7-6-18(14-39)11-23(19)35/h4-11,13,20-21,44H,12,15-17H2,1-3H3,(H,41,42,43)/t20-,21?/m0/s1. The topological polar surface area (TPSA) is 159 Å². The first kappa shape index (κ1) is 36.7. The van der Waals surface area contributed by atoms with Gasteiger partial charge in [-0.2, -0.15) is 9.65 Å². The Morgan fingerprint density at radius 3 is 2.51 bits per heavy atom. The van der Waals surface area contributed by atoms with E-state index in [0.29, 0.717) is 6.07 Å². The van der Waals surface area contributed by atoms with Gasteiger partial charge in [0.1, 0.15) is 23.3 Å². The molecule has 1 unspecified atom stereocenters. The second-order valence-electron chi connectivity index (χ2n) is 12.4. The minimum atomic E-state index is -4.68. The lowest BCUT2D eigenvalue weighted by molar-refractivity contribution is 0.0124. The van der Waals surface area contributed by atoms with Gasteiger partial charge in [-0.1, -0.05) is 6.07 Å². The number of pyridine rings is 1. The van der Waals surface area contributed by atoms with Crippen LogP contribution in [0.25, 0.3) is 11.3 Å². The normalized spacial score (nSPS) is 16.3. The van der Waals surface area contributed by atoms with E-state index in [1.807, 2.05) is 0 Å². The van der Waals surface area contributed by atoms with Crippen molar-refractivity contribution in [1.82, 2.24) is 19.9 Å². The third kappa shape index (κ3) is 9.16. The zero-order chi connectivity index (χ0) is 37.1. The van der Waals surface area contributed by atoms with Gasteiger partial charge in [-0.3, -0.25) is 4.72 Å². The second-order valence-corrected chi connectivity index (χ2v) is 14.1. The Labute approximate surface area is 289 Å². The molecule has 0 spiro atoms. The largest absolute Gasteiger partial charge is 0.444 e. The molecule has 1 aliphatic rings. The summed E-state index contributed by atoms with van der Waals surface area (Å²) in [6.45, 7) is 5.03. The van der Waals surface area contributed by atoms with Gasteiger partial charge in [0.25, 0.3) is 0 Å². The van der Waals surface area contributed by atoms with Crippen LogP contribution in [-0.2, 0) is 20.5 Å². The molecule has 0 aliphatic carbocycles. The predicted molar refractivity (Wildman–Crippen MR) is 174 cm³/mol. The number of ether oxygens (including phenoxy) is 2. The molecule has 2 atom stereocenters. The number of hydrogen-bond acceptors (Lipinski definition) is 10. The van der Waals surface area contributed by atoms with Gasteiger partial charge in [-0.15, -0.1) is 0 Å². The molecular formula is C33H30F5N7O5S. The fourth-order valence-electron chi connectivity index (χ4n) is 5.02. The molecule has 51 heavy (non-hydrogen) atoms. The van der Waals surface area contributed by atoms with Crippen molar-refractivity contribution in [3.8, 4) is 29.0 Å². The number of nitriles is 1. The molecule has 0 saturated carbocycles. The molecule has 1 amide bonds. The Balaban J connectivity index is 1.34. The summed E-state index contributed by atoms with van der Waals surface area (Å²) < 4.78 is 112. The molecule has 0 radical (unpaired) electrons. The number of benzene rings is 2. The minimum absolute atomic E-state index is 0.0336. The van der Waals surface area contributed by atoms with E-state index < -0.39 is 80.0 Å². The molecule has 1 aliphatic heterocycles.